The maximum atomic E-state index is 12.8. The zero-order valence-corrected chi connectivity index (χ0v) is 24.8. The molecule has 1 saturated carbocycles. The third-order valence-electron chi connectivity index (χ3n) is 7.94. The van der Waals surface area contributed by atoms with Gasteiger partial charge < -0.3 is 29.4 Å². The van der Waals surface area contributed by atoms with Crippen LogP contribution in [-0.2, 0) is 38.1 Å². The average molecular weight is 590 g/mol. The standard InChI is InChI=1S/C30H39NO9S/c1-18(2)8-9-23-29(3,40-23)28-27(37-4)22(12-13-30(28)17-38-30)39-26(36)15-20(32)16-41-21-7-5-6-19(14-21)31-24(33)10-11-25(34)35/h5-8,14,22-23,27-28H,9-13,15-17H2,1-4H3,(H,31,33)(H,34,35)/t22-,23-,27-,28-,29+,30+/m1/s1. The Morgan fingerprint density at radius 1 is 1.22 bits per heavy atom. The summed E-state index contributed by atoms with van der Waals surface area (Å²) in [6.07, 6.45) is 2.69. The van der Waals surface area contributed by atoms with Crippen molar-refractivity contribution in [1.29, 1.82) is 0 Å². The van der Waals surface area contributed by atoms with Crippen molar-refractivity contribution in [3.63, 3.8) is 0 Å². The van der Waals surface area contributed by atoms with E-state index < -0.39 is 35.7 Å². The number of methoxy groups -OCH3 is 1. The van der Waals surface area contributed by atoms with Crippen LogP contribution in [-0.4, -0.2) is 77.7 Å². The molecule has 3 aliphatic rings. The van der Waals surface area contributed by atoms with Crippen molar-refractivity contribution < 1.29 is 43.2 Å². The molecule has 0 bridgehead atoms. The van der Waals surface area contributed by atoms with Crippen molar-refractivity contribution in [2.24, 2.45) is 5.92 Å². The number of carbonyl (C=O) groups excluding carboxylic acids is 3. The second-order valence-electron chi connectivity index (χ2n) is 11.4. The Bertz CT molecular complexity index is 1190. The fourth-order valence-electron chi connectivity index (χ4n) is 5.76. The van der Waals surface area contributed by atoms with Gasteiger partial charge in [-0.25, -0.2) is 0 Å². The van der Waals surface area contributed by atoms with Crippen LogP contribution in [0.1, 0.15) is 59.3 Å². The summed E-state index contributed by atoms with van der Waals surface area (Å²) in [4.78, 5) is 48.7. The number of epoxide rings is 2. The molecule has 2 heterocycles. The van der Waals surface area contributed by atoms with Crippen LogP contribution in [0, 0.1) is 5.92 Å². The fourth-order valence-corrected chi connectivity index (χ4v) is 6.58. The van der Waals surface area contributed by atoms with Gasteiger partial charge in [0.25, 0.3) is 0 Å². The van der Waals surface area contributed by atoms with E-state index in [9.17, 15) is 19.2 Å². The summed E-state index contributed by atoms with van der Waals surface area (Å²) in [6, 6.07) is 6.89. The lowest BCUT2D eigenvalue weighted by Crippen LogP contribution is -2.55. The number of carboxylic acids is 1. The van der Waals surface area contributed by atoms with E-state index in [0.717, 1.165) is 17.7 Å². The number of nitrogens with one attached hydrogen (secondary N) is 1. The number of allylic oxidation sites excluding steroid dienone is 1. The van der Waals surface area contributed by atoms with E-state index in [0.29, 0.717) is 18.7 Å². The molecule has 6 atom stereocenters. The van der Waals surface area contributed by atoms with Crippen LogP contribution < -0.4 is 5.32 Å². The van der Waals surface area contributed by atoms with Crippen molar-refractivity contribution in [1.82, 2.24) is 0 Å². The van der Waals surface area contributed by atoms with Crippen LogP contribution in [0.15, 0.2) is 40.8 Å². The topological polar surface area (TPSA) is 144 Å². The van der Waals surface area contributed by atoms with Crippen LogP contribution >= 0.6 is 11.8 Å². The number of esters is 1. The Balaban J connectivity index is 1.28. The van der Waals surface area contributed by atoms with Crippen molar-refractivity contribution >= 4 is 41.1 Å². The predicted molar refractivity (Wildman–Crippen MR) is 152 cm³/mol. The maximum Gasteiger partial charge on any atom is 0.313 e. The van der Waals surface area contributed by atoms with Gasteiger partial charge in [0.05, 0.1) is 30.8 Å². The van der Waals surface area contributed by atoms with Crippen LogP contribution in [0.5, 0.6) is 0 Å². The summed E-state index contributed by atoms with van der Waals surface area (Å²) in [7, 11) is 1.61. The molecule has 2 N–H and O–H groups in total. The lowest BCUT2D eigenvalue weighted by Gasteiger charge is -2.42. The number of carbonyl (C=O) groups is 4. The molecule has 0 radical (unpaired) electrons. The van der Waals surface area contributed by atoms with E-state index in [2.05, 4.69) is 32.2 Å². The number of ketones is 1. The van der Waals surface area contributed by atoms with Gasteiger partial charge in [-0.2, -0.15) is 0 Å². The molecule has 2 aliphatic heterocycles. The number of hydrogen-bond acceptors (Lipinski definition) is 9. The van der Waals surface area contributed by atoms with Gasteiger partial charge in [0, 0.05) is 24.1 Å². The minimum Gasteiger partial charge on any atom is -0.481 e. The smallest absolute Gasteiger partial charge is 0.313 e. The van der Waals surface area contributed by atoms with Gasteiger partial charge in [-0.3, -0.25) is 19.2 Å². The normalized spacial score (nSPS) is 29.9. The number of thioether (sulfide) groups is 1. The number of ether oxygens (including phenoxy) is 4. The minimum atomic E-state index is -1.04. The van der Waals surface area contributed by atoms with Crippen molar-refractivity contribution in [3.05, 3.63) is 35.9 Å². The number of rotatable bonds is 14. The number of anilines is 1. The largest absolute Gasteiger partial charge is 0.481 e. The molecular weight excluding hydrogens is 550 g/mol. The average Bonchev–Trinajstić information content (AvgIpc) is 3.83. The predicted octanol–water partition coefficient (Wildman–Crippen LogP) is 4.16. The van der Waals surface area contributed by atoms with E-state index in [1.807, 2.05) is 0 Å². The van der Waals surface area contributed by atoms with Crippen LogP contribution in [0.4, 0.5) is 5.69 Å². The van der Waals surface area contributed by atoms with E-state index in [1.165, 1.54) is 17.3 Å². The molecule has 0 aromatic heterocycles. The van der Waals surface area contributed by atoms with Gasteiger partial charge in [-0.15, -0.1) is 11.8 Å². The molecule has 1 aliphatic carbocycles. The van der Waals surface area contributed by atoms with Crippen molar-refractivity contribution in [2.45, 2.75) is 93.7 Å². The molecule has 41 heavy (non-hydrogen) atoms. The summed E-state index contributed by atoms with van der Waals surface area (Å²) in [6.45, 7) is 6.83. The highest BCUT2D eigenvalue weighted by Gasteiger charge is 2.72. The highest BCUT2D eigenvalue weighted by Crippen LogP contribution is 2.59. The first-order chi connectivity index (χ1) is 19.5. The number of Topliss-reactive ketones (excluding diaryl/α,β-unsaturated/α-hetero) is 1. The number of benzene rings is 1. The second-order valence-corrected chi connectivity index (χ2v) is 12.4. The highest BCUT2D eigenvalue weighted by atomic mass is 32.2. The molecule has 2 saturated heterocycles. The van der Waals surface area contributed by atoms with Crippen molar-refractivity contribution in [3.8, 4) is 0 Å². The Morgan fingerprint density at radius 2 is 1.98 bits per heavy atom. The summed E-state index contributed by atoms with van der Waals surface area (Å²) in [5.41, 5.74) is 0.970. The lowest BCUT2D eigenvalue weighted by atomic mass is 9.68. The number of aliphatic carboxylic acids is 1. The molecule has 3 fully saturated rings. The highest BCUT2D eigenvalue weighted by molar-refractivity contribution is 8.00. The summed E-state index contributed by atoms with van der Waals surface area (Å²) < 4.78 is 23.9. The SMILES string of the molecule is CO[C@@H]1[C@H](OC(=O)CC(=O)CSc2cccc(NC(=O)CCC(=O)O)c2)CC[C@]2(CO2)[C@H]1[C@@]1(C)O[C@@H]1CC=C(C)C. The number of amides is 1. The molecule has 224 valence electrons. The summed E-state index contributed by atoms with van der Waals surface area (Å²) >= 11 is 1.24. The number of hydrogen-bond donors (Lipinski definition) is 2. The van der Waals surface area contributed by atoms with Gasteiger partial charge in [-0.05, 0) is 58.2 Å². The third kappa shape index (κ3) is 7.97. The van der Waals surface area contributed by atoms with E-state index in [1.54, 1.807) is 31.4 Å². The molecule has 1 amide bonds. The zero-order chi connectivity index (χ0) is 29.8. The van der Waals surface area contributed by atoms with Crippen molar-refractivity contribution in [2.75, 3.05) is 24.8 Å². The Morgan fingerprint density at radius 3 is 2.63 bits per heavy atom. The van der Waals surface area contributed by atoms with Gasteiger partial charge in [0.1, 0.15) is 29.8 Å². The van der Waals surface area contributed by atoms with Crippen LogP contribution in [0.2, 0.25) is 0 Å². The Hall–Kier alpha value is -2.73. The molecule has 1 aromatic carbocycles. The fraction of sp³-hybridized carbons (Fsp3) is 0.600. The first-order valence-electron chi connectivity index (χ1n) is 13.9. The van der Waals surface area contributed by atoms with Gasteiger partial charge >= 0.3 is 11.9 Å². The van der Waals surface area contributed by atoms with Gasteiger partial charge in [0.2, 0.25) is 5.91 Å². The monoisotopic (exact) mass is 589 g/mol. The molecule has 0 unspecified atom stereocenters. The second kappa shape index (κ2) is 13.1. The number of carboxylic acid groups (broad SMARTS) is 1. The molecule has 4 rings (SSSR count). The van der Waals surface area contributed by atoms with E-state index in [4.69, 9.17) is 24.1 Å². The zero-order valence-electron chi connectivity index (χ0n) is 24.0. The first-order valence-corrected chi connectivity index (χ1v) is 14.9. The van der Waals surface area contributed by atoms with Gasteiger partial charge in [0.15, 0.2) is 5.78 Å². The maximum absolute atomic E-state index is 12.8. The molecule has 1 spiro atoms. The van der Waals surface area contributed by atoms with Crippen LogP contribution in [0.25, 0.3) is 0 Å². The third-order valence-corrected chi connectivity index (χ3v) is 9.00. The lowest BCUT2D eigenvalue weighted by molar-refractivity contribution is -0.172. The van der Waals surface area contributed by atoms with E-state index >= 15 is 0 Å². The quantitative estimate of drug-likeness (QED) is 0.107. The molecule has 11 heteroatoms. The first kappa shape index (κ1) is 31.2. The summed E-state index contributed by atoms with van der Waals surface area (Å²) in [5, 5.41) is 11.4. The van der Waals surface area contributed by atoms with Gasteiger partial charge in [-0.1, -0.05) is 17.7 Å². The molecule has 1 aromatic rings. The molecular formula is C30H39NO9S. The Labute approximate surface area is 244 Å². The Kier molecular flexibility index (Phi) is 9.94. The summed E-state index contributed by atoms with van der Waals surface area (Å²) in [5.74, 6) is -2.35. The van der Waals surface area contributed by atoms with Crippen LogP contribution in [0.3, 0.4) is 0 Å². The minimum absolute atomic E-state index is 0.0470. The molecule has 10 nitrogen and oxygen atoms in total. The van der Waals surface area contributed by atoms with E-state index in [-0.39, 0.29) is 48.4 Å².